The minimum atomic E-state index is -3.70. The maximum Gasteiger partial charge on any atom is 0.244 e. The van der Waals surface area contributed by atoms with Crippen LogP contribution in [0.15, 0.2) is 23.1 Å². The summed E-state index contributed by atoms with van der Waals surface area (Å²) in [5.74, 6) is 0.746. The molecule has 2 aliphatic heterocycles. The molecule has 7 nitrogen and oxygen atoms in total. The van der Waals surface area contributed by atoms with Gasteiger partial charge in [0.15, 0.2) is 11.5 Å². The van der Waals surface area contributed by atoms with Crippen LogP contribution in [0.4, 0.5) is 0 Å². The minimum absolute atomic E-state index is 0.111. The third-order valence-corrected chi connectivity index (χ3v) is 5.60. The summed E-state index contributed by atoms with van der Waals surface area (Å²) in [5, 5.41) is 3.35. The highest BCUT2D eigenvalue weighted by Gasteiger charge is 2.35. The molecule has 2 aliphatic rings. The smallest absolute Gasteiger partial charge is 0.244 e. The molecule has 1 aromatic rings. The number of hydrogen-bond donors (Lipinski definition) is 2. The van der Waals surface area contributed by atoms with E-state index >= 15 is 0 Å². The van der Waals surface area contributed by atoms with Crippen molar-refractivity contribution in [1.82, 2.24) is 10.0 Å². The van der Waals surface area contributed by atoms with Crippen molar-refractivity contribution in [3.8, 4) is 11.5 Å². The van der Waals surface area contributed by atoms with Gasteiger partial charge < -0.3 is 19.5 Å². The summed E-state index contributed by atoms with van der Waals surface area (Å²) < 4.78 is 44.3. The Kier molecular flexibility index (Phi) is 4.77. The number of sulfonamides is 1. The maximum absolute atomic E-state index is 12.7. The summed E-state index contributed by atoms with van der Waals surface area (Å²) in [6.07, 6.45) is 1.87. The Morgan fingerprint density at radius 1 is 1.35 bits per heavy atom. The molecule has 0 amide bonds. The fraction of sp³-hybridized carbons (Fsp3) is 0.600. The van der Waals surface area contributed by atoms with Crippen LogP contribution < -0.4 is 19.5 Å². The lowest BCUT2D eigenvalue weighted by atomic mass is 9.99. The van der Waals surface area contributed by atoms with Gasteiger partial charge in [0.1, 0.15) is 18.1 Å². The second-order valence-electron chi connectivity index (χ2n) is 5.85. The van der Waals surface area contributed by atoms with Crippen molar-refractivity contribution in [2.75, 3.05) is 40.0 Å². The molecule has 2 heterocycles. The van der Waals surface area contributed by atoms with Crippen molar-refractivity contribution in [3.05, 3.63) is 18.2 Å². The average molecular weight is 342 g/mol. The fourth-order valence-corrected chi connectivity index (χ4v) is 4.32. The number of nitrogens with one attached hydrogen (secondary N) is 2. The van der Waals surface area contributed by atoms with Crippen LogP contribution in [0.25, 0.3) is 0 Å². The summed E-state index contributed by atoms with van der Waals surface area (Å²) in [6, 6.07) is 4.89. The molecular formula is C15H22N2O5S. The number of rotatable bonds is 6. The van der Waals surface area contributed by atoms with Crippen LogP contribution in [0.2, 0.25) is 0 Å². The zero-order chi connectivity index (χ0) is 16.3. The Hall–Kier alpha value is -1.35. The Labute approximate surface area is 136 Å². The molecule has 23 heavy (non-hydrogen) atoms. The van der Waals surface area contributed by atoms with Crippen molar-refractivity contribution in [2.24, 2.45) is 0 Å². The Morgan fingerprint density at radius 3 is 2.91 bits per heavy atom. The predicted molar refractivity (Wildman–Crippen MR) is 84.5 cm³/mol. The number of para-hydroxylation sites is 1. The van der Waals surface area contributed by atoms with Gasteiger partial charge in [-0.15, -0.1) is 0 Å². The SMILES string of the molecule is COCC1(CNS(=O)(=O)c2cccc3c2OCCO3)CCCN1. The highest BCUT2D eigenvalue weighted by molar-refractivity contribution is 7.89. The molecule has 8 heteroatoms. The predicted octanol–water partition coefficient (Wildman–Crippen LogP) is 0.505. The molecule has 1 saturated heterocycles. The second-order valence-corrected chi connectivity index (χ2v) is 7.58. The maximum atomic E-state index is 12.7. The molecule has 2 N–H and O–H groups in total. The van der Waals surface area contributed by atoms with Crippen LogP contribution in [-0.4, -0.2) is 54.0 Å². The molecule has 0 bridgehead atoms. The van der Waals surface area contributed by atoms with E-state index in [2.05, 4.69) is 10.0 Å². The van der Waals surface area contributed by atoms with Gasteiger partial charge in [-0.2, -0.15) is 0 Å². The largest absolute Gasteiger partial charge is 0.486 e. The quantitative estimate of drug-likeness (QED) is 0.783. The molecule has 1 atom stereocenters. The molecule has 0 saturated carbocycles. The van der Waals surface area contributed by atoms with Crippen LogP contribution in [-0.2, 0) is 14.8 Å². The van der Waals surface area contributed by atoms with Gasteiger partial charge in [-0.25, -0.2) is 13.1 Å². The zero-order valence-corrected chi connectivity index (χ0v) is 13.9. The van der Waals surface area contributed by atoms with E-state index < -0.39 is 10.0 Å². The van der Waals surface area contributed by atoms with Crippen LogP contribution in [0, 0.1) is 0 Å². The molecule has 1 fully saturated rings. The lowest BCUT2D eigenvalue weighted by molar-refractivity contribution is 0.122. The monoisotopic (exact) mass is 342 g/mol. The van der Waals surface area contributed by atoms with Gasteiger partial charge in [0.25, 0.3) is 0 Å². The number of hydrogen-bond acceptors (Lipinski definition) is 6. The van der Waals surface area contributed by atoms with Crippen molar-refractivity contribution in [3.63, 3.8) is 0 Å². The van der Waals surface area contributed by atoms with Crippen molar-refractivity contribution < 1.29 is 22.6 Å². The fourth-order valence-electron chi connectivity index (χ4n) is 3.04. The van der Waals surface area contributed by atoms with Crippen LogP contribution in [0.5, 0.6) is 11.5 Å². The van der Waals surface area contributed by atoms with E-state index in [1.165, 1.54) is 6.07 Å². The van der Waals surface area contributed by atoms with Crippen molar-refractivity contribution >= 4 is 10.0 Å². The van der Waals surface area contributed by atoms with Gasteiger partial charge in [-0.05, 0) is 31.5 Å². The Bertz CT molecular complexity index is 656. The number of ether oxygens (including phenoxy) is 3. The molecule has 0 aromatic heterocycles. The van der Waals surface area contributed by atoms with E-state index in [0.29, 0.717) is 25.6 Å². The number of benzene rings is 1. The molecule has 0 radical (unpaired) electrons. The lowest BCUT2D eigenvalue weighted by Crippen LogP contribution is -2.52. The third-order valence-electron chi connectivity index (χ3n) is 4.17. The van der Waals surface area contributed by atoms with E-state index in [9.17, 15) is 8.42 Å². The first-order chi connectivity index (χ1) is 11.1. The molecule has 128 valence electrons. The topological polar surface area (TPSA) is 85.9 Å². The van der Waals surface area contributed by atoms with Crippen molar-refractivity contribution in [2.45, 2.75) is 23.3 Å². The standard InChI is InChI=1S/C15H22N2O5S/c1-20-11-15(6-3-7-16-15)10-17-23(18,19)13-5-2-4-12-14(13)22-9-8-21-12/h2,4-5,16-17H,3,6-11H2,1H3. The summed E-state index contributed by atoms with van der Waals surface area (Å²) in [5.41, 5.74) is -0.353. The molecular weight excluding hydrogens is 320 g/mol. The minimum Gasteiger partial charge on any atom is -0.486 e. The van der Waals surface area contributed by atoms with E-state index in [-0.39, 0.29) is 22.7 Å². The van der Waals surface area contributed by atoms with Gasteiger partial charge in [0.05, 0.1) is 12.1 Å². The zero-order valence-electron chi connectivity index (χ0n) is 13.1. The molecule has 0 aliphatic carbocycles. The van der Waals surface area contributed by atoms with Gasteiger partial charge in [0.2, 0.25) is 10.0 Å². The highest BCUT2D eigenvalue weighted by atomic mass is 32.2. The van der Waals surface area contributed by atoms with E-state index in [1.807, 2.05) is 0 Å². The average Bonchev–Trinajstić information content (AvgIpc) is 3.02. The summed E-state index contributed by atoms with van der Waals surface area (Å²) in [4.78, 5) is 0.111. The molecule has 1 aromatic carbocycles. The Balaban J connectivity index is 1.80. The molecule has 3 rings (SSSR count). The lowest BCUT2D eigenvalue weighted by Gasteiger charge is -2.29. The third kappa shape index (κ3) is 3.45. The van der Waals surface area contributed by atoms with Gasteiger partial charge in [-0.1, -0.05) is 6.07 Å². The second kappa shape index (κ2) is 6.64. The summed E-state index contributed by atoms with van der Waals surface area (Å²) in [6.45, 7) is 2.36. The first kappa shape index (κ1) is 16.5. The first-order valence-electron chi connectivity index (χ1n) is 7.69. The number of fused-ring (bicyclic) bond motifs is 1. The molecule has 0 spiro atoms. The van der Waals surface area contributed by atoms with Crippen LogP contribution in [0.3, 0.4) is 0 Å². The summed E-state index contributed by atoms with van der Waals surface area (Å²) in [7, 11) is -2.08. The van der Waals surface area contributed by atoms with Crippen LogP contribution >= 0.6 is 0 Å². The normalized spacial score (nSPS) is 23.9. The van der Waals surface area contributed by atoms with E-state index in [1.54, 1.807) is 19.2 Å². The molecule has 1 unspecified atom stereocenters. The summed E-state index contributed by atoms with van der Waals surface area (Å²) >= 11 is 0. The van der Waals surface area contributed by atoms with E-state index in [4.69, 9.17) is 14.2 Å². The van der Waals surface area contributed by atoms with Crippen molar-refractivity contribution in [1.29, 1.82) is 0 Å². The van der Waals surface area contributed by atoms with Crippen LogP contribution in [0.1, 0.15) is 12.8 Å². The highest BCUT2D eigenvalue weighted by Crippen LogP contribution is 2.36. The number of methoxy groups -OCH3 is 1. The van der Waals surface area contributed by atoms with Gasteiger partial charge in [-0.3, -0.25) is 0 Å². The first-order valence-corrected chi connectivity index (χ1v) is 9.17. The van der Waals surface area contributed by atoms with Gasteiger partial charge >= 0.3 is 0 Å². The Morgan fingerprint density at radius 2 is 2.17 bits per heavy atom. The van der Waals surface area contributed by atoms with E-state index in [0.717, 1.165) is 19.4 Å². The van der Waals surface area contributed by atoms with Gasteiger partial charge in [0, 0.05) is 13.7 Å².